The van der Waals surface area contributed by atoms with Crippen LogP contribution < -0.4 is 5.73 Å². The van der Waals surface area contributed by atoms with E-state index in [-0.39, 0.29) is 5.58 Å². The molecule has 0 saturated carbocycles. The van der Waals surface area contributed by atoms with Crippen molar-refractivity contribution in [3.63, 3.8) is 0 Å². The number of rotatable bonds is 2. The highest BCUT2D eigenvalue weighted by Crippen LogP contribution is 2.40. The summed E-state index contributed by atoms with van der Waals surface area (Å²) in [6, 6.07) is 6.12. The lowest BCUT2D eigenvalue weighted by molar-refractivity contribution is -0.267. The molecule has 2 rings (SSSR count). The Morgan fingerprint density at radius 2 is 1.94 bits per heavy atom. The highest BCUT2D eigenvalue weighted by molar-refractivity contribution is 5.79. The first kappa shape index (κ1) is 12.9. The number of halogens is 3. The second-order valence-electron chi connectivity index (χ2n) is 4.21. The Balaban J connectivity index is 2.59. The molecule has 18 heavy (non-hydrogen) atoms. The molecule has 98 valence electrons. The van der Waals surface area contributed by atoms with Gasteiger partial charge in [-0.25, -0.2) is 0 Å². The molecule has 1 heterocycles. The maximum atomic E-state index is 12.8. The molecule has 0 aliphatic carbocycles. The van der Waals surface area contributed by atoms with Crippen molar-refractivity contribution in [3.05, 3.63) is 35.6 Å². The van der Waals surface area contributed by atoms with E-state index in [4.69, 9.17) is 10.2 Å². The maximum Gasteiger partial charge on any atom is 0.425 e. The van der Waals surface area contributed by atoms with Gasteiger partial charge >= 0.3 is 6.18 Å². The third-order valence-corrected chi connectivity index (χ3v) is 2.84. The van der Waals surface area contributed by atoms with Crippen molar-refractivity contribution in [2.45, 2.75) is 18.7 Å². The van der Waals surface area contributed by atoms with Crippen molar-refractivity contribution in [1.82, 2.24) is 0 Å². The van der Waals surface area contributed by atoms with Gasteiger partial charge in [-0.2, -0.15) is 13.2 Å². The Bertz CT molecular complexity index is 576. The maximum absolute atomic E-state index is 12.8. The lowest BCUT2D eigenvalue weighted by Gasteiger charge is -2.26. The normalized spacial score (nSPS) is 15.9. The molecule has 0 radical (unpaired) electrons. The molecule has 0 aliphatic heterocycles. The predicted molar refractivity (Wildman–Crippen MR) is 60.0 cm³/mol. The fourth-order valence-corrected chi connectivity index (χ4v) is 1.72. The summed E-state index contributed by atoms with van der Waals surface area (Å²) in [6.45, 7) is 0.820. The van der Waals surface area contributed by atoms with Crippen molar-refractivity contribution in [2.75, 3.05) is 6.54 Å². The number of hydrogen-bond donors (Lipinski definition) is 2. The number of benzene rings is 1. The van der Waals surface area contributed by atoms with E-state index >= 15 is 0 Å². The fourth-order valence-electron chi connectivity index (χ4n) is 1.72. The molecule has 0 aliphatic rings. The molecule has 3 nitrogen and oxygen atoms in total. The number of fused-ring (bicyclic) bond motifs is 1. The van der Waals surface area contributed by atoms with Gasteiger partial charge in [-0.15, -0.1) is 0 Å². The molecule has 1 aromatic heterocycles. The Hall–Kier alpha value is -1.53. The van der Waals surface area contributed by atoms with Crippen LogP contribution in [0.1, 0.15) is 11.3 Å². The zero-order chi connectivity index (χ0) is 13.6. The number of nitrogens with two attached hydrogens (primary N) is 1. The number of aliphatic hydroxyl groups is 1. The quantitative estimate of drug-likeness (QED) is 0.870. The molecular formula is C12H12F3NO2. The predicted octanol–water partition coefficient (Wildman–Crippen LogP) is 2.45. The second kappa shape index (κ2) is 4.00. The summed E-state index contributed by atoms with van der Waals surface area (Å²) in [4.78, 5) is 0. The molecule has 1 unspecified atom stereocenters. The molecule has 0 amide bonds. The van der Waals surface area contributed by atoms with Gasteiger partial charge in [0.25, 0.3) is 0 Å². The van der Waals surface area contributed by atoms with Gasteiger partial charge in [0.15, 0.2) is 0 Å². The Morgan fingerprint density at radius 1 is 1.28 bits per heavy atom. The first-order valence-corrected chi connectivity index (χ1v) is 5.28. The third kappa shape index (κ3) is 1.87. The van der Waals surface area contributed by atoms with E-state index in [1.807, 2.05) is 6.92 Å². The summed E-state index contributed by atoms with van der Waals surface area (Å²) < 4.78 is 43.5. The van der Waals surface area contributed by atoms with Gasteiger partial charge in [-0.3, -0.25) is 0 Å². The van der Waals surface area contributed by atoms with Crippen LogP contribution >= 0.6 is 0 Å². The van der Waals surface area contributed by atoms with Crippen LogP contribution in [0.25, 0.3) is 11.0 Å². The lowest BCUT2D eigenvalue weighted by atomic mass is 10.00. The highest BCUT2D eigenvalue weighted by atomic mass is 19.4. The van der Waals surface area contributed by atoms with Crippen molar-refractivity contribution >= 4 is 11.0 Å². The van der Waals surface area contributed by atoms with Gasteiger partial charge in [0.05, 0.1) is 0 Å². The standard InChI is InChI=1S/C12H12F3NO2/c1-7-2-3-9-8(4-7)5-10(18-9)11(17,6-16)12(13,14)15/h2-5,17H,6,16H2,1H3. The molecule has 1 aromatic carbocycles. The van der Waals surface area contributed by atoms with E-state index < -0.39 is 24.1 Å². The number of aryl methyl sites for hydroxylation is 1. The molecular weight excluding hydrogens is 247 g/mol. The average molecular weight is 259 g/mol. The Kier molecular flexibility index (Phi) is 2.87. The van der Waals surface area contributed by atoms with Crippen LogP contribution in [0.3, 0.4) is 0 Å². The van der Waals surface area contributed by atoms with Gasteiger partial charge in [0.2, 0.25) is 5.60 Å². The van der Waals surface area contributed by atoms with Gasteiger partial charge < -0.3 is 15.3 Å². The average Bonchev–Trinajstić information content (AvgIpc) is 2.69. The van der Waals surface area contributed by atoms with Crippen molar-refractivity contribution in [3.8, 4) is 0 Å². The first-order valence-electron chi connectivity index (χ1n) is 5.28. The highest BCUT2D eigenvalue weighted by Gasteiger charge is 2.56. The zero-order valence-corrected chi connectivity index (χ0v) is 9.58. The summed E-state index contributed by atoms with van der Waals surface area (Å²) in [5.41, 5.74) is 3.07. The summed E-state index contributed by atoms with van der Waals surface area (Å²) in [6.07, 6.45) is -4.88. The Morgan fingerprint density at radius 3 is 2.50 bits per heavy atom. The largest absolute Gasteiger partial charge is 0.458 e. The smallest absolute Gasteiger partial charge is 0.425 e. The van der Waals surface area contributed by atoms with Crippen LogP contribution in [0.15, 0.2) is 28.7 Å². The van der Waals surface area contributed by atoms with Crippen molar-refractivity contribution in [2.24, 2.45) is 5.73 Å². The minimum atomic E-state index is -4.88. The SMILES string of the molecule is Cc1ccc2oc(C(O)(CN)C(F)(F)F)cc2c1. The second-order valence-corrected chi connectivity index (χ2v) is 4.21. The molecule has 0 fully saturated rings. The third-order valence-electron chi connectivity index (χ3n) is 2.84. The van der Waals surface area contributed by atoms with Gasteiger partial charge in [0, 0.05) is 11.9 Å². The lowest BCUT2D eigenvalue weighted by Crippen LogP contribution is -2.48. The van der Waals surface area contributed by atoms with Crippen LogP contribution in [0, 0.1) is 6.92 Å². The van der Waals surface area contributed by atoms with E-state index in [0.717, 1.165) is 5.56 Å². The molecule has 0 saturated heterocycles. The minimum absolute atomic E-state index is 0.284. The number of hydrogen-bond acceptors (Lipinski definition) is 3. The molecule has 1 atom stereocenters. The number of alkyl halides is 3. The van der Waals surface area contributed by atoms with E-state index in [1.165, 1.54) is 6.07 Å². The van der Waals surface area contributed by atoms with E-state index in [9.17, 15) is 18.3 Å². The number of furan rings is 1. The molecule has 0 bridgehead atoms. The first-order chi connectivity index (χ1) is 8.28. The van der Waals surface area contributed by atoms with E-state index in [0.29, 0.717) is 5.39 Å². The molecule has 6 heteroatoms. The van der Waals surface area contributed by atoms with Gasteiger partial charge in [0.1, 0.15) is 11.3 Å². The van der Waals surface area contributed by atoms with Gasteiger partial charge in [-0.05, 0) is 25.1 Å². The zero-order valence-electron chi connectivity index (χ0n) is 9.58. The van der Waals surface area contributed by atoms with Crippen LogP contribution in [-0.4, -0.2) is 17.8 Å². The molecule has 3 N–H and O–H groups in total. The molecule has 0 spiro atoms. The van der Waals surface area contributed by atoms with Gasteiger partial charge in [-0.1, -0.05) is 11.6 Å². The summed E-state index contributed by atoms with van der Waals surface area (Å²) in [5.74, 6) is -0.585. The minimum Gasteiger partial charge on any atom is -0.458 e. The van der Waals surface area contributed by atoms with Crippen LogP contribution in [-0.2, 0) is 5.60 Å². The van der Waals surface area contributed by atoms with E-state index in [1.54, 1.807) is 18.2 Å². The summed E-state index contributed by atoms with van der Waals surface area (Å²) in [5, 5.41) is 10.2. The summed E-state index contributed by atoms with van der Waals surface area (Å²) >= 11 is 0. The van der Waals surface area contributed by atoms with Crippen LogP contribution in [0.4, 0.5) is 13.2 Å². The topological polar surface area (TPSA) is 59.4 Å². The molecule has 2 aromatic rings. The van der Waals surface area contributed by atoms with Crippen molar-refractivity contribution in [1.29, 1.82) is 0 Å². The van der Waals surface area contributed by atoms with Crippen LogP contribution in [0.2, 0.25) is 0 Å². The van der Waals surface area contributed by atoms with E-state index in [2.05, 4.69) is 0 Å². The fraction of sp³-hybridized carbons (Fsp3) is 0.333. The summed E-state index contributed by atoms with van der Waals surface area (Å²) in [7, 11) is 0. The van der Waals surface area contributed by atoms with Crippen molar-refractivity contribution < 1.29 is 22.7 Å². The van der Waals surface area contributed by atoms with Crippen LogP contribution in [0.5, 0.6) is 0 Å². The Labute approximate surface area is 101 Å². The monoisotopic (exact) mass is 259 g/mol.